The topological polar surface area (TPSA) is 63.4 Å². The summed E-state index contributed by atoms with van der Waals surface area (Å²) in [6.45, 7) is 3.14. The van der Waals surface area contributed by atoms with Gasteiger partial charge in [0.2, 0.25) is 5.82 Å². The summed E-state index contributed by atoms with van der Waals surface area (Å²) in [5, 5.41) is 7.89. The van der Waals surface area contributed by atoms with Crippen LogP contribution in [0.25, 0.3) is 17.0 Å². The van der Waals surface area contributed by atoms with E-state index >= 15 is 0 Å². The van der Waals surface area contributed by atoms with Crippen LogP contribution in [0.4, 0.5) is 8.78 Å². The number of ether oxygens (including phenoxy) is 1. The van der Waals surface area contributed by atoms with Crippen LogP contribution in [-0.4, -0.2) is 40.4 Å². The minimum atomic E-state index is -0.474. The Hall–Kier alpha value is -3.17. The molecule has 1 N–H and O–H groups in total. The molecule has 1 aliphatic rings. The van der Waals surface area contributed by atoms with Gasteiger partial charge in [-0.25, -0.2) is 8.78 Å². The molecule has 2 aromatic carbocycles. The summed E-state index contributed by atoms with van der Waals surface area (Å²) in [6.07, 6.45) is 0.762. The Balaban J connectivity index is 1.77. The van der Waals surface area contributed by atoms with Crippen LogP contribution in [0.2, 0.25) is 0 Å². The van der Waals surface area contributed by atoms with Crippen molar-refractivity contribution in [1.29, 1.82) is 0 Å². The quantitative estimate of drug-likeness (QED) is 0.408. The van der Waals surface area contributed by atoms with Gasteiger partial charge in [-0.3, -0.25) is 0 Å². The van der Waals surface area contributed by atoms with E-state index in [4.69, 9.17) is 21.5 Å². The van der Waals surface area contributed by atoms with Crippen molar-refractivity contribution in [3.63, 3.8) is 0 Å². The van der Waals surface area contributed by atoms with Gasteiger partial charge in [-0.1, -0.05) is 17.3 Å². The molecule has 0 saturated heterocycles. The summed E-state index contributed by atoms with van der Waals surface area (Å²) in [7, 11) is 1.65. The van der Waals surface area contributed by atoms with Gasteiger partial charge in [0, 0.05) is 31.5 Å². The van der Waals surface area contributed by atoms with Gasteiger partial charge < -0.3 is 19.5 Å². The number of allylic oxidation sites excluding steroid dienone is 1. The van der Waals surface area contributed by atoms with Gasteiger partial charge in [0.05, 0.1) is 11.6 Å². The molecule has 0 amide bonds. The zero-order valence-electron chi connectivity index (χ0n) is 17.6. The second-order valence-electron chi connectivity index (χ2n) is 7.36. The maximum Gasteiger partial charge on any atom is 0.258 e. The largest absolute Gasteiger partial charge is 0.385 e. The standard InChI is InChI=1S/C23H22F2N4O2S/c1-14-19(22-27-21(28-31-22)15-7-9-17(24)10-8-15)20(16-5-3-6-18(25)13-16)26-23(32)29(14)11-4-12-30-2/h3,5-10,13,20H,4,11-12H2,1-2H3,(H,26,32). The number of aromatic nitrogens is 2. The van der Waals surface area contributed by atoms with Crippen LogP contribution in [-0.2, 0) is 4.74 Å². The van der Waals surface area contributed by atoms with E-state index in [1.165, 1.54) is 24.3 Å². The van der Waals surface area contributed by atoms with E-state index < -0.39 is 6.04 Å². The molecule has 0 saturated carbocycles. The lowest BCUT2D eigenvalue weighted by molar-refractivity contribution is 0.188. The molecule has 6 nitrogen and oxygen atoms in total. The summed E-state index contributed by atoms with van der Waals surface area (Å²) >= 11 is 5.60. The van der Waals surface area contributed by atoms with E-state index in [2.05, 4.69) is 15.5 Å². The third kappa shape index (κ3) is 4.53. The predicted octanol–water partition coefficient (Wildman–Crippen LogP) is 4.71. The number of hydrogen-bond acceptors (Lipinski definition) is 5. The highest BCUT2D eigenvalue weighted by Crippen LogP contribution is 2.37. The van der Waals surface area contributed by atoms with Crippen molar-refractivity contribution in [2.75, 3.05) is 20.3 Å². The molecule has 1 atom stereocenters. The first-order chi connectivity index (χ1) is 15.5. The summed E-state index contributed by atoms with van der Waals surface area (Å²) in [6, 6.07) is 11.7. The van der Waals surface area contributed by atoms with Gasteiger partial charge >= 0.3 is 0 Å². The highest BCUT2D eigenvalue weighted by atomic mass is 32.1. The Morgan fingerprint density at radius 3 is 2.66 bits per heavy atom. The summed E-state index contributed by atoms with van der Waals surface area (Å²) < 4.78 is 38.1. The Morgan fingerprint density at radius 2 is 1.94 bits per heavy atom. The zero-order chi connectivity index (χ0) is 22.7. The molecule has 166 valence electrons. The Kier molecular flexibility index (Phi) is 6.57. The molecule has 0 bridgehead atoms. The monoisotopic (exact) mass is 456 g/mol. The second-order valence-corrected chi connectivity index (χ2v) is 7.75. The number of nitrogens with one attached hydrogen (secondary N) is 1. The summed E-state index contributed by atoms with van der Waals surface area (Å²) in [5.41, 5.74) is 2.83. The van der Waals surface area contributed by atoms with E-state index in [0.29, 0.717) is 40.8 Å². The maximum absolute atomic E-state index is 14.0. The van der Waals surface area contributed by atoms with Gasteiger partial charge in [-0.15, -0.1) is 0 Å². The fourth-order valence-corrected chi connectivity index (χ4v) is 4.03. The number of halogens is 2. The van der Waals surface area contributed by atoms with Crippen LogP contribution in [0.1, 0.15) is 30.8 Å². The van der Waals surface area contributed by atoms with Crippen LogP contribution in [0.3, 0.4) is 0 Å². The summed E-state index contributed by atoms with van der Waals surface area (Å²) in [4.78, 5) is 6.50. The van der Waals surface area contributed by atoms with Gasteiger partial charge in [-0.05, 0) is 67.5 Å². The predicted molar refractivity (Wildman–Crippen MR) is 120 cm³/mol. The zero-order valence-corrected chi connectivity index (χ0v) is 18.5. The SMILES string of the molecule is COCCCN1C(=S)NC(c2cccc(F)c2)C(c2nc(-c3ccc(F)cc3)no2)=C1C. The van der Waals surface area contributed by atoms with Crippen molar-refractivity contribution < 1.29 is 18.0 Å². The van der Waals surface area contributed by atoms with Crippen LogP contribution in [0.5, 0.6) is 0 Å². The van der Waals surface area contributed by atoms with Gasteiger partial charge in [0.15, 0.2) is 5.11 Å². The number of nitrogens with zero attached hydrogens (tertiary/aromatic N) is 3. The molecule has 3 aromatic rings. The third-order valence-corrected chi connectivity index (χ3v) is 5.61. The molecule has 0 radical (unpaired) electrons. The first-order valence-electron chi connectivity index (χ1n) is 10.1. The lowest BCUT2D eigenvalue weighted by Gasteiger charge is -2.37. The molecule has 0 spiro atoms. The Labute approximate surface area is 189 Å². The van der Waals surface area contributed by atoms with Crippen molar-refractivity contribution in [3.05, 3.63) is 77.3 Å². The molecule has 1 aromatic heterocycles. The highest BCUT2D eigenvalue weighted by Gasteiger charge is 2.34. The minimum absolute atomic E-state index is 0.280. The molecular formula is C23H22F2N4O2S. The molecule has 1 aliphatic heterocycles. The fourth-order valence-electron chi connectivity index (χ4n) is 3.68. The van der Waals surface area contributed by atoms with Crippen molar-refractivity contribution in [2.45, 2.75) is 19.4 Å². The van der Waals surface area contributed by atoms with Crippen LogP contribution in [0, 0.1) is 11.6 Å². The van der Waals surface area contributed by atoms with Crippen molar-refractivity contribution in [2.24, 2.45) is 0 Å². The number of rotatable bonds is 7. The number of hydrogen-bond donors (Lipinski definition) is 1. The van der Waals surface area contributed by atoms with Crippen molar-refractivity contribution >= 4 is 22.9 Å². The normalized spacial score (nSPS) is 16.4. The molecule has 2 heterocycles. The Bertz CT molecular complexity index is 1150. The number of methoxy groups -OCH3 is 1. The van der Waals surface area contributed by atoms with E-state index in [1.807, 2.05) is 17.9 Å². The number of benzene rings is 2. The second kappa shape index (κ2) is 9.54. The third-order valence-electron chi connectivity index (χ3n) is 5.27. The Morgan fingerprint density at radius 1 is 1.16 bits per heavy atom. The van der Waals surface area contributed by atoms with Gasteiger partial charge in [0.1, 0.15) is 11.6 Å². The number of thiocarbonyl (C=S) groups is 1. The van der Waals surface area contributed by atoms with Crippen molar-refractivity contribution in [3.8, 4) is 11.4 Å². The first kappa shape index (κ1) is 22.0. The van der Waals surface area contributed by atoms with E-state index in [0.717, 1.165) is 12.1 Å². The molecule has 9 heteroatoms. The summed E-state index contributed by atoms with van der Waals surface area (Å²) in [5.74, 6) is -0.0913. The minimum Gasteiger partial charge on any atom is -0.385 e. The van der Waals surface area contributed by atoms with Gasteiger partial charge in [0.25, 0.3) is 5.89 Å². The maximum atomic E-state index is 14.0. The fraction of sp³-hybridized carbons (Fsp3) is 0.261. The molecule has 32 heavy (non-hydrogen) atoms. The lowest BCUT2D eigenvalue weighted by atomic mass is 9.94. The molecule has 1 unspecified atom stereocenters. The van der Waals surface area contributed by atoms with Crippen LogP contribution >= 0.6 is 12.2 Å². The van der Waals surface area contributed by atoms with Crippen LogP contribution < -0.4 is 5.32 Å². The van der Waals surface area contributed by atoms with Gasteiger partial charge in [-0.2, -0.15) is 4.98 Å². The van der Waals surface area contributed by atoms with Crippen LogP contribution in [0.15, 0.2) is 58.8 Å². The highest BCUT2D eigenvalue weighted by molar-refractivity contribution is 7.80. The average Bonchev–Trinajstić information content (AvgIpc) is 3.26. The molecular weight excluding hydrogens is 434 g/mol. The smallest absolute Gasteiger partial charge is 0.258 e. The first-order valence-corrected chi connectivity index (χ1v) is 10.5. The van der Waals surface area contributed by atoms with E-state index in [1.54, 1.807) is 25.3 Å². The molecule has 0 fully saturated rings. The molecule has 0 aliphatic carbocycles. The van der Waals surface area contributed by atoms with Crippen molar-refractivity contribution in [1.82, 2.24) is 20.4 Å². The van der Waals surface area contributed by atoms with E-state index in [-0.39, 0.29) is 17.5 Å². The van der Waals surface area contributed by atoms with E-state index in [9.17, 15) is 8.78 Å². The molecule has 4 rings (SSSR count). The lowest BCUT2D eigenvalue weighted by Crippen LogP contribution is -2.46. The average molecular weight is 457 g/mol.